The lowest BCUT2D eigenvalue weighted by Crippen LogP contribution is -2.39. The highest BCUT2D eigenvalue weighted by atomic mass is 32.1. The van der Waals surface area contributed by atoms with Gasteiger partial charge < -0.3 is 10.6 Å². The largest absolute Gasteiger partial charge is 0.384 e. The monoisotopic (exact) mass is 527 g/mol. The quantitative estimate of drug-likeness (QED) is 0.273. The number of alkyl halides is 1. The van der Waals surface area contributed by atoms with Gasteiger partial charge in [0.25, 0.3) is 5.91 Å². The van der Waals surface area contributed by atoms with Gasteiger partial charge in [0.15, 0.2) is 5.78 Å². The molecule has 0 atom stereocenters. The van der Waals surface area contributed by atoms with Crippen LogP contribution in [0.4, 0.5) is 10.2 Å². The third kappa shape index (κ3) is 6.00. The number of allylic oxidation sites excluding steroid dienone is 1. The van der Waals surface area contributed by atoms with Crippen molar-refractivity contribution in [3.8, 4) is 11.1 Å². The summed E-state index contributed by atoms with van der Waals surface area (Å²) < 4.78 is 14.7. The van der Waals surface area contributed by atoms with Crippen molar-refractivity contribution in [1.29, 1.82) is 0 Å². The number of benzene rings is 2. The zero-order valence-electron chi connectivity index (χ0n) is 21.3. The molecule has 0 aliphatic carbocycles. The topological polar surface area (TPSA) is 76.3 Å². The number of amides is 1. The minimum atomic E-state index is -0.799. The zero-order chi connectivity index (χ0) is 26.6. The Hall–Kier alpha value is -3.84. The summed E-state index contributed by atoms with van der Waals surface area (Å²) in [7, 11) is 0. The lowest BCUT2D eigenvalue weighted by Gasteiger charge is -2.28. The summed E-state index contributed by atoms with van der Waals surface area (Å²) in [6.07, 6.45) is 6.17. The van der Waals surface area contributed by atoms with Crippen LogP contribution >= 0.6 is 11.3 Å². The van der Waals surface area contributed by atoms with Gasteiger partial charge in [0.05, 0.1) is 0 Å². The molecule has 2 N–H and O–H groups in total. The van der Waals surface area contributed by atoms with E-state index in [1.807, 2.05) is 30.3 Å². The number of fused-ring (bicyclic) bond motifs is 1. The van der Waals surface area contributed by atoms with Crippen LogP contribution in [-0.2, 0) is 11.2 Å². The number of carbonyl (C=O) groups is 2. The first-order valence-corrected chi connectivity index (χ1v) is 13.7. The van der Waals surface area contributed by atoms with Crippen LogP contribution in [0.3, 0.4) is 0 Å². The fraction of sp³-hybridized carbons (Fsp3) is 0.258. The van der Waals surface area contributed by atoms with E-state index in [4.69, 9.17) is 5.73 Å². The minimum Gasteiger partial charge on any atom is -0.384 e. The maximum absolute atomic E-state index is 13.4. The first-order valence-electron chi connectivity index (χ1n) is 12.8. The third-order valence-corrected chi connectivity index (χ3v) is 8.26. The molecule has 38 heavy (non-hydrogen) atoms. The summed E-state index contributed by atoms with van der Waals surface area (Å²) in [4.78, 5) is 32.1. The number of hydrogen-bond donors (Lipinski definition) is 1. The molecule has 194 valence electrons. The van der Waals surface area contributed by atoms with Crippen LogP contribution in [0.5, 0.6) is 0 Å². The smallest absolute Gasteiger partial charge is 0.253 e. The molecule has 0 saturated carbocycles. The highest BCUT2D eigenvalue weighted by molar-refractivity contribution is 7.19. The number of nitrogens with two attached hydrogens (primary N) is 1. The van der Waals surface area contributed by atoms with E-state index >= 15 is 0 Å². The predicted molar refractivity (Wildman–Crippen MR) is 153 cm³/mol. The Balaban J connectivity index is 1.25. The van der Waals surface area contributed by atoms with Gasteiger partial charge in [0.2, 0.25) is 0 Å². The second-order valence-corrected chi connectivity index (χ2v) is 10.9. The molecule has 2 aromatic heterocycles. The van der Waals surface area contributed by atoms with Gasteiger partial charge in [-0.1, -0.05) is 12.1 Å². The molecule has 1 aliphatic rings. The molecule has 0 unspecified atom stereocenters. The first-order chi connectivity index (χ1) is 18.4. The number of aromatic nitrogens is 1. The van der Waals surface area contributed by atoms with Crippen molar-refractivity contribution in [3.05, 3.63) is 88.4 Å². The van der Waals surface area contributed by atoms with Gasteiger partial charge >= 0.3 is 0 Å². The van der Waals surface area contributed by atoms with Crippen LogP contribution in [0.25, 0.3) is 27.3 Å². The number of anilines is 1. The summed E-state index contributed by atoms with van der Waals surface area (Å²) in [5.74, 6) is 0.489. The number of thiophene rings is 1. The van der Waals surface area contributed by atoms with Gasteiger partial charge in [-0.15, -0.1) is 11.3 Å². The van der Waals surface area contributed by atoms with Crippen molar-refractivity contribution in [1.82, 2.24) is 9.88 Å². The SMILES string of the molecule is Cc1cc(-c2ccc(C(=O)N3CCC(F)CC3)cc2)cc2cc(CCC(=O)/C=C/c3ccc(N)nc3)sc12. The number of halogens is 1. The minimum absolute atomic E-state index is 0.0351. The molecule has 1 amide bonds. The molecule has 2 aromatic carbocycles. The Labute approximate surface area is 225 Å². The van der Waals surface area contributed by atoms with Crippen molar-refractivity contribution in [2.45, 2.75) is 38.8 Å². The number of aryl methyl sites for hydroxylation is 2. The van der Waals surface area contributed by atoms with Crippen molar-refractivity contribution >= 4 is 45.0 Å². The third-order valence-electron chi connectivity index (χ3n) is 6.92. The molecule has 0 spiro atoms. The fourth-order valence-electron chi connectivity index (χ4n) is 4.74. The molecule has 0 bridgehead atoms. The number of nitrogen functional groups attached to an aromatic ring is 1. The van der Waals surface area contributed by atoms with E-state index in [2.05, 4.69) is 30.1 Å². The Morgan fingerprint density at radius 1 is 1.08 bits per heavy atom. The molecule has 7 heteroatoms. The number of rotatable bonds is 7. The first kappa shape index (κ1) is 25.8. The molecular weight excluding hydrogens is 497 g/mol. The van der Waals surface area contributed by atoms with E-state index in [0.29, 0.717) is 50.2 Å². The Morgan fingerprint density at radius 3 is 2.55 bits per heavy atom. The molecule has 4 aromatic rings. The summed E-state index contributed by atoms with van der Waals surface area (Å²) in [6, 6.07) is 17.7. The second-order valence-electron chi connectivity index (χ2n) is 9.78. The van der Waals surface area contributed by atoms with Crippen LogP contribution in [-0.4, -0.2) is 40.8 Å². The number of ketones is 1. The Kier molecular flexibility index (Phi) is 7.65. The Bertz CT molecular complexity index is 1480. The van der Waals surface area contributed by atoms with Crippen LogP contribution in [0, 0.1) is 6.92 Å². The summed E-state index contributed by atoms with van der Waals surface area (Å²) in [5.41, 5.74) is 10.4. The van der Waals surface area contributed by atoms with Gasteiger partial charge in [-0.05, 0) is 108 Å². The van der Waals surface area contributed by atoms with Gasteiger partial charge in [-0.3, -0.25) is 9.59 Å². The van der Waals surface area contributed by atoms with Crippen molar-refractivity contribution in [2.24, 2.45) is 0 Å². The van der Waals surface area contributed by atoms with E-state index in [0.717, 1.165) is 22.1 Å². The number of likely N-dealkylation sites (tertiary alicyclic amines) is 1. The lowest BCUT2D eigenvalue weighted by atomic mass is 9.99. The normalized spacial score (nSPS) is 14.4. The molecule has 1 fully saturated rings. The van der Waals surface area contributed by atoms with Crippen LogP contribution in [0.15, 0.2) is 66.9 Å². The number of pyridine rings is 1. The molecular formula is C31H30FN3O2S. The molecule has 5 nitrogen and oxygen atoms in total. The molecule has 1 aliphatic heterocycles. The van der Waals surface area contributed by atoms with Crippen LogP contribution in [0.2, 0.25) is 0 Å². The maximum Gasteiger partial charge on any atom is 0.253 e. The number of nitrogens with zero attached hydrogens (tertiary/aromatic N) is 2. The van der Waals surface area contributed by atoms with Gasteiger partial charge in [0, 0.05) is 40.8 Å². The maximum atomic E-state index is 13.4. The van der Waals surface area contributed by atoms with E-state index in [9.17, 15) is 14.0 Å². The van der Waals surface area contributed by atoms with Gasteiger partial charge in [-0.2, -0.15) is 0 Å². The number of piperidine rings is 1. The highest BCUT2D eigenvalue weighted by Crippen LogP contribution is 2.34. The van der Waals surface area contributed by atoms with Crippen molar-refractivity contribution in [3.63, 3.8) is 0 Å². The van der Waals surface area contributed by atoms with E-state index in [1.165, 1.54) is 15.1 Å². The molecule has 0 radical (unpaired) electrons. The number of hydrogen-bond acceptors (Lipinski definition) is 5. The molecule has 5 rings (SSSR count). The number of carbonyl (C=O) groups excluding carboxylic acids is 2. The van der Waals surface area contributed by atoms with Crippen molar-refractivity contribution in [2.75, 3.05) is 18.8 Å². The Morgan fingerprint density at radius 2 is 1.84 bits per heavy atom. The van der Waals surface area contributed by atoms with E-state index < -0.39 is 6.17 Å². The van der Waals surface area contributed by atoms with Crippen molar-refractivity contribution < 1.29 is 14.0 Å². The average molecular weight is 528 g/mol. The predicted octanol–water partition coefficient (Wildman–Crippen LogP) is 6.64. The fourth-order valence-corrected chi connectivity index (χ4v) is 5.85. The zero-order valence-corrected chi connectivity index (χ0v) is 22.1. The molecule has 1 saturated heterocycles. The van der Waals surface area contributed by atoms with E-state index in [1.54, 1.807) is 40.7 Å². The summed E-state index contributed by atoms with van der Waals surface area (Å²) in [5, 5.41) is 1.16. The summed E-state index contributed by atoms with van der Waals surface area (Å²) in [6.45, 7) is 3.05. The van der Waals surface area contributed by atoms with Crippen LogP contribution < -0.4 is 5.73 Å². The second kappa shape index (κ2) is 11.3. The average Bonchev–Trinajstić information content (AvgIpc) is 3.35. The molecule has 3 heterocycles. The van der Waals surface area contributed by atoms with Gasteiger partial charge in [-0.25, -0.2) is 9.37 Å². The van der Waals surface area contributed by atoms with Gasteiger partial charge in [0.1, 0.15) is 12.0 Å². The standard InChI is InChI=1S/C31H30FN3O2S/c1-20-16-24(22-4-6-23(7-5-22)31(37)35-14-12-26(32)13-15-35)17-25-18-28(38-30(20)25)10-9-27(36)8-2-21-3-11-29(33)34-19-21/h2-8,11,16-19,26H,9-10,12-15H2,1H3,(H2,33,34)/b8-2+. The summed E-state index contributed by atoms with van der Waals surface area (Å²) >= 11 is 1.73. The van der Waals surface area contributed by atoms with E-state index in [-0.39, 0.29) is 11.7 Å². The lowest BCUT2D eigenvalue weighted by molar-refractivity contribution is -0.114. The van der Waals surface area contributed by atoms with Crippen LogP contribution in [0.1, 0.15) is 45.6 Å². The highest BCUT2D eigenvalue weighted by Gasteiger charge is 2.23.